The predicted octanol–water partition coefficient (Wildman–Crippen LogP) is 4.13. The average Bonchev–Trinajstić information content (AvgIpc) is 2.52. The third-order valence-electron chi connectivity index (χ3n) is 5.23. The van der Waals surface area contributed by atoms with Crippen LogP contribution in [-0.4, -0.2) is 22.8 Å². The van der Waals surface area contributed by atoms with Crippen LogP contribution in [0.25, 0.3) is 0 Å². The second kappa shape index (κ2) is 8.45. The van der Waals surface area contributed by atoms with Crippen molar-refractivity contribution in [3.05, 3.63) is 28.8 Å². The van der Waals surface area contributed by atoms with Gasteiger partial charge in [-0.1, -0.05) is 43.9 Å². The topological polar surface area (TPSA) is 55.4 Å². The molecule has 4 nitrogen and oxygen atoms in total. The maximum Gasteiger partial charge on any atom is 0.324 e. The molecule has 1 aliphatic carbocycles. The summed E-state index contributed by atoms with van der Waals surface area (Å²) < 4.78 is 21.5. The number of aryl methyl sites for hydroxylation is 3. The van der Waals surface area contributed by atoms with Gasteiger partial charge in [-0.05, 0) is 57.1 Å². The Labute approximate surface area is 154 Å². The first-order valence-electron chi connectivity index (χ1n) is 9.21. The molecule has 0 aliphatic heterocycles. The van der Waals surface area contributed by atoms with Crippen molar-refractivity contribution in [2.45, 2.75) is 77.7 Å². The Kier molecular flexibility index (Phi) is 6.80. The Morgan fingerprint density at radius 3 is 2.28 bits per heavy atom. The molecule has 0 saturated heterocycles. The summed E-state index contributed by atoms with van der Waals surface area (Å²) in [5.41, 5.74) is 2.91. The van der Waals surface area contributed by atoms with Gasteiger partial charge in [0.1, 0.15) is 17.0 Å². The van der Waals surface area contributed by atoms with E-state index in [1.165, 1.54) is 6.42 Å². The molecule has 1 fully saturated rings. The summed E-state index contributed by atoms with van der Waals surface area (Å²) in [6, 6.07) is 3.52. The molecule has 1 aromatic rings. The van der Waals surface area contributed by atoms with Gasteiger partial charge in [-0.3, -0.25) is 4.79 Å². The number of rotatable bonds is 6. The van der Waals surface area contributed by atoms with E-state index in [9.17, 15) is 9.00 Å². The summed E-state index contributed by atoms with van der Waals surface area (Å²) in [7, 11) is -1.45. The van der Waals surface area contributed by atoms with Crippen LogP contribution in [0, 0.1) is 26.2 Å². The highest BCUT2D eigenvalue weighted by Gasteiger charge is 2.42. The number of hydrogen-bond donors (Lipinski definition) is 1. The Balaban J connectivity index is 2.30. The maximum atomic E-state index is 13.1. The molecule has 0 heterocycles. The fourth-order valence-corrected chi connectivity index (χ4v) is 5.39. The monoisotopic (exact) mass is 365 g/mol. The number of esters is 1. The van der Waals surface area contributed by atoms with Crippen LogP contribution in [-0.2, 0) is 20.5 Å². The minimum Gasteiger partial charge on any atom is -0.465 e. The summed E-state index contributed by atoms with van der Waals surface area (Å²) in [5.74, 6) is -0.289. The second-order valence-electron chi connectivity index (χ2n) is 7.51. The molecule has 1 aliphatic rings. The van der Waals surface area contributed by atoms with Crippen LogP contribution in [0.4, 0.5) is 0 Å². The van der Waals surface area contributed by atoms with Gasteiger partial charge in [0.05, 0.1) is 11.5 Å². The summed E-state index contributed by atoms with van der Waals surface area (Å²) in [6.07, 6.45) is 5.30. The highest BCUT2D eigenvalue weighted by molar-refractivity contribution is 7.83. The van der Waals surface area contributed by atoms with E-state index in [1.807, 2.05) is 39.8 Å². The normalized spacial score (nSPS) is 19.2. The lowest BCUT2D eigenvalue weighted by Crippen LogP contribution is -2.51. The van der Waals surface area contributed by atoms with Crippen molar-refractivity contribution in [2.24, 2.45) is 5.41 Å². The van der Waals surface area contributed by atoms with Gasteiger partial charge in [-0.15, -0.1) is 0 Å². The van der Waals surface area contributed by atoms with Crippen LogP contribution in [0.2, 0.25) is 0 Å². The van der Waals surface area contributed by atoms with Crippen LogP contribution in [0.5, 0.6) is 0 Å². The van der Waals surface area contributed by atoms with Crippen molar-refractivity contribution < 1.29 is 13.7 Å². The Morgan fingerprint density at radius 2 is 1.76 bits per heavy atom. The standard InChI is InChI=1S/C20H31NO3S/c1-6-24-19(22)18(20(5)10-8-7-9-11-20)21-25(23)17-15(3)12-14(2)13-16(17)4/h12-13,18,21H,6-11H2,1-5H3/t18-,25-/m0/s1. The third-order valence-corrected chi connectivity index (χ3v) is 6.69. The molecule has 2 atom stereocenters. The van der Waals surface area contributed by atoms with E-state index >= 15 is 0 Å². The van der Waals surface area contributed by atoms with Gasteiger partial charge in [0.15, 0.2) is 0 Å². The number of nitrogens with one attached hydrogen (secondary N) is 1. The molecular formula is C20H31NO3S. The van der Waals surface area contributed by atoms with Gasteiger partial charge in [0.2, 0.25) is 0 Å². The third kappa shape index (κ3) is 4.70. The van der Waals surface area contributed by atoms with E-state index in [2.05, 4.69) is 11.6 Å². The molecule has 1 saturated carbocycles. The molecule has 0 spiro atoms. The lowest BCUT2D eigenvalue weighted by molar-refractivity contribution is -0.149. The minimum atomic E-state index is -1.45. The molecule has 0 unspecified atom stereocenters. The van der Waals surface area contributed by atoms with Crippen LogP contribution in [0.3, 0.4) is 0 Å². The zero-order valence-corrected chi connectivity index (χ0v) is 16.9. The molecule has 0 radical (unpaired) electrons. The quantitative estimate of drug-likeness (QED) is 0.771. The Morgan fingerprint density at radius 1 is 1.20 bits per heavy atom. The van der Waals surface area contributed by atoms with E-state index in [1.54, 1.807) is 0 Å². The first-order valence-corrected chi connectivity index (χ1v) is 10.4. The van der Waals surface area contributed by atoms with Crippen LogP contribution < -0.4 is 4.72 Å². The van der Waals surface area contributed by atoms with Crippen molar-refractivity contribution in [1.29, 1.82) is 0 Å². The van der Waals surface area contributed by atoms with Gasteiger partial charge in [0.25, 0.3) is 0 Å². The summed E-state index contributed by atoms with van der Waals surface area (Å²) in [4.78, 5) is 13.4. The first-order chi connectivity index (χ1) is 11.8. The van der Waals surface area contributed by atoms with Crippen LogP contribution in [0.1, 0.15) is 62.6 Å². The Hall–Kier alpha value is -1.20. The van der Waals surface area contributed by atoms with E-state index in [0.29, 0.717) is 6.61 Å². The highest BCUT2D eigenvalue weighted by Crippen LogP contribution is 2.39. The largest absolute Gasteiger partial charge is 0.465 e. The molecule has 1 aromatic carbocycles. The van der Waals surface area contributed by atoms with Crippen LogP contribution in [0.15, 0.2) is 17.0 Å². The summed E-state index contributed by atoms with van der Waals surface area (Å²) >= 11 is 0. The van der Waals surface area contributed by atoms with Crippen molar-refractivity contribution >= 4 is 17.0 Å². The van der Waals surface area contributed by atoms with Gasteiger partial charge < -0.3 is 4.74 Å². The average molecular weight is 366 g/mol. The number of carbonyl (C=O) groups excluding carboxylic acids is 1. The number of ether oxygens (including phenoxy) is 1. The van der Waals surface area contributed by atoms with E-state index in [-0.39, 0.29) is 11.4 Å². The first kappa shape index (κ1) is 20.1. The van der Waals surface area contributed by atoms with Crippen molar-refractivity contribution in [3.63, 3.8) is 0 Å². The summed E-state index contributed by atoms with van der Waals surface area (Å²) in [5, 5.41) is 0. The number of carbonyl (C=O) groups is 1. The van der Waals surface area contributed by atoms with Gasteiger partial charge in [0, 0.05) is 0 Å². The van der Waals surface area contributed by atoms with Crippen LogP contribution >= 0.6 is 0 Å². The lowest BCUT2D eigenvalue weighted by Gasteiger charge is -2.39. The minimum absolute atomic E-state index is 0.216. The molecule has 2 rings (SSSR count). The number of benzene rings is 1. The maximum absolute atomic E-state index is 13.1. The van der Waals surface area contributed by atoms with Crippen molar-refractivity contribution in [2.75, 3.05) is 6.61 Å². The fourth-order valence-electron chi connectivity index (χ4n) is 3.97. The molecule has 140 valence electrons. The van der Waals surface area contributed by atoms with Crippen molar-refractivity contribution in [1.82, 2.24) is 4.72 Å². The SMILES string of the molecule is CCOC(=O)[C@H](N[S@@](=O)c1c(C)cc(C)cc1C)C1(C)CCCCC1. The molecule has 5 heteroatoms. The molecule has 0 amide bonds. The van der Waals surface area contributed by atoms with E-state index in [0.717, 1.165) is 47.3 Å². The zero-order valence-electron chi connectivity index (χ0n) is 16.1. The van der Waals surface area contributed by atoms with Gasteiger partial charge >= 0.3 is 5.97 Å². The molecule has 1 N–H and O–H groups in total. The molecule has 0 aromatic heterocycles. The van der Waals surface area contributed by atoms with E-state index in [4.69, 9.17) is 4.74 Å². The van der Waals surface area contributed by atoms with E-state index < -0.39 is 17.0 Å². The summed E-state index contributed by atoms with van der Waals surface area (Å²) in [6.45, 7) is 10.2. The zero-order chi connectivity index (χ0) is 18.6. The molecule has 25 heavy (non-hydrogen) atoms. The van der Waals surface area contributed by atoms with Crippen molar-refractivity contribution in [3.8, 4) is 0 Å². The number of hydrogen-bond acceptors (Lipinski definition) is 3. The molecule has 0 bridgehead atoms. The second-order valence-corrected chi connectivity index (χ2v) is 8.70. The smallest absolute Gasteiger partial charge is 0.324 e. The lowest BCUT2D eigenvalue weighted by atomic mass is 9.71. The molecular weight excluding hydrogens is 334 g/mol. The van der Waals surface area contributed by atoms with Gasteiger partial charge in [-0.2, -0.15) is 0 Å². The highest BCUT2D eigenvalue weighted by atomic mass is 32.2. The fraction of sp³-hybridized carbons (Fsp3) is 0.650. The Bertz CT molecular complexity index is 627. The van der Waals surface area contributed by atoms with Gasteiger partial charge in [-0.25, -0.2) is 8.93 Å². The predicted molar refractivity (Wildman–Crippen MR) is 102 cm³/mol.